The maximum atomic E-state index is 13.8. The second-order valence-electron chi connectivity index (χ2n) is 10.7. The molecule has 0 aliphatic carbocycles. The van der Waals surface area contributed by atoms with Gasteiger partial charge in [0, 0.05) is 42.7 Å². The molecule has 208 valence electrons. The Balaban J connectivity index is 1.29. The molecule has 0 unspecified atom stereocenters. The van der Waals surface area contributed by atoms with Gasteiger partial charge in [-0.25, -0.2) is 4.98 Å². The van der Waals surface area contributed by atoms with Crippen LogP contribution in [-0.2, 0) is 6.54 Å². The Morgan fingerprint density at radius 2 is 1.95 bits per heavy atom. The van der Waals surface area contributed by atoms with Crippen LogP contribution in [0.5, 0.6) is 17.4 Å². The van der Waals surface area contributed by atoms with Gasteiger partial charge in [0.05, 0.1) is 12.6 Å². The van der Waals surface area contributed by atoms with Gasteiger partial charge < -0.3 is 28.6 Å². The van der Waals surface area contributed by atoms with Crippen LogP contribution in [0, 0.1) is 5.92 Å². The van der Waals surface area contributed by atoms with Crippen molar-refractivity contribution >= 4 is 16.9 Å². The molecule has 40 heavy (non-hydrogen) atoms. The number of aliphatic hydroxyl groups excluding tert-OH is 1. The monoisotopic (exact) mass is 543 g/mol. The second-order valence-corrected chi connectivity index (χ2v) is 10.7. The Bertz CT molecular complexity index is 1500. The molecule has 0 saturated carbocycles. The highest BCUT2D eigenvalue weighted by molar-refractivity contribution is 5.98. The first-order chi connectivity index (χ1) is 19.4. The van der Waals surface area contributed by atoms with Crippen molar-refractivity contribution in [2.24, 2.45) is 5.92 Å². The molecule has 9 nitrogen and oxygen atoms in total. The molecular formula is C31H33N3O6. The number of fused-ring (bicyclic) bond motifs is 3. The molecule has 0 fully saturated rings. The number of hydrogen-bond acceptors (Lipinski definition) is 8. The number of benzene rings is 2. The number of ether oxygens (including phenoxy) is 3. The Morgan fingerprint density at radius 1 is 1.12 bits per heavy atom. The van der Waals surface area contributed by atoms with Crippen molar-refractivity contribution in [3.8, 4) is 28.7 Å². The van der Waals surface area contributed by atoms with Crippen LogP contribution in [0.1, 0.15) is 29.8 Å². The predicted octanol–water partition coefficient (Wildman–Crippen LogP) is 4.58. The molecule has 1 N–H and O–H groups in total. The summed E-state index contributed by atoms with van der Waals surface area (Å²) in [6, 6.07) is 17.1. The second kappa shape index (κ2) is 10.8. The fourth-order valence-electron chi connectivity index (χ4n) is 5.30. The third-order valence-corrected chi connectivity index (χ3v) is 7.61. The van der Waals surface area contributed by atoms with E-state index in [0.29, 0.717) is 36.5 Å². The fraction of sp³-hybridized carbons (Fsp3) is 0.355. The van der Waals surface area contributed by atoms with Crippen molar-refractivity contribution in [1.82, 2.24) is 14.8 Å². The molecule has 0 saturated heterocycles. The number of para-hydroxylation sites is 1. The molecule has 2 aliphatic rings. The van der Waals surface area contributed by atoms with E-state index in [1.807, 2.05) is 62.5 Å². The van der Waals surface area contributed by atoms with E-state index < -0.39 is 0 Å². The van der Waals surface area contributed by atoms with Crippen LogP contribution in [0.4, 0.5) is 0 Å². The number of pyridine rings is 1. The molecule has 2 aliphatic heterocycles. The quantitative estimate of drug-likeness (QED) is 0.362. The van der Waals surface area contributed by atoms with Crippen LogP contribution >= 0.6 is 0 Å². The largest absolute Gasteiger partial charge is 0.472 e. The van der Waals surface area contributed by atoms with E-state index in [1.165, 1.54) is 0 Å². The molecule has 1 amide bonds. The number of amides is 1. The van der Waals surface area contributed by atoms with Crippen LogP contribution in [0.15, 0.2) is 65.2 Å². The number of aliphatic hydroxyl groups is 1. The van der Waals surface area contributed by atoms with Gasteiger partial charge in [-0.2, -0.15) is 0 Å². The van der Waals surface area contributed by atoms with Gasteiger partial charge in [-0.3, -0.25) is 9.69 Å². The summed E-state index contributed by atoms with van der Waals surface area (Å²) in [6.07, 6.45) is 1.44. The van der Waals surface area contributed by atoms with Crippen LogP contribution < -0.4 is 14.2 Å². The molecular weight excluding hydrogens is 510 g/mol. The molecule has 9 heteroatoms. The van der Waals surface area contributed by atoms with Crippen molar-refractivity contribution in [3.05, 3.63) is 71.9 Å². The number of aromatic nitrogens is 1. The lowest BCUT2D eigenvalue weighted by atomic mass is 9.99. The highest BCUT2D eigenvalue weighted by Crippen LogP contribution is 2.34. The fourth-order valence-corrected chi connectivity index (χ4v) is 5.30. The van der Waals surface area contributed by atoms with Crippen molar-refractivity contribution < 1.29 is 28.5 Å². The standard InChI is InChI=1S/C31H33N3O6/c1-19-14-34(20(2)17-35)31(36)24-11-23(27-12-22-6-4-5-7-25(22)39-27)13-32-30(24)40-29(19)16-33(3)15-21-8-9-26-28(10-21)38-18-37-26/h4-13,19-20,29,35H,14-18H2,1-3H3/t19-,20+,29-/m0/s1. The van der Waals surface area contributed by atoms with Gasteiger partial charge in [0.15, 0.2) is 11.5 Å². The number of carbonyl (C=O) groups is 1. The van der Waals surface area contributed by atoms with Crippen molar-refractivity contribution in [2.75, 3.05) is 33.5 Å². The van der Waals surface area contributed by atoms with Gasteiger partial charge in [-0.05, 0) is 49.9 Å². The van der Waals surface area contributed by atoms with Gasteiger partial charge >= 0.3 is 0 Å². The van der Waals surface area contributed by atoms with E-state index in [0.717, 1.165) is 28.0 Å². The van der Waals surface area contributed by atoms with Gasteiger partial charge in [0.25, 0.3) is 5.91 Å². The summed E-state index contributed by atoms with van der Waals surface area (Å²) in [7, 11) is 2.04. The molecule has 6 rings (SSSR count). The summed E-state index contributed by atoms with van der Waals surface area (Å²) in [5.41, 5.74) is 2.91. The first kappa shape index (κ1) is 26.2. The summed E-state index contributed by atoms with van der Waals surface area (Å²) in [6.45, 7) is 5.76. The number of furan rings is 1. The lowest BCUT2D eigenvalue weighted by Gasteiger charge is -2.37. The lowest BCUT2D eigenvalue weighted by Crippen LogP contribution is -2.49. The Kier molecular flexibility index (Phi) is 7.08. The number of carbonyl (C=O) groups excluding carboxylic acids is 1. The number of rotatable bonds is 7. The van der Waals surface area contributed by atoms with Crippen LogP contribution in [0.2, 0.25) is 0 Å². The summed E-state index contributed by atoms with van der Waals surface area (Å²) in [5.74, 6) is 2.19. The highest BCUT2D eigenvalue weighted by Gasteiger charge is 2.34. The molecule has 4 heterocycles. The lowest BCUT2D eigenvalue weighted by molar-refractivity contribution is 0.0325. The zero-order chi connectivity index (χ0) is 27.8. The van der Waals surface area contributed by atoms with Crippen LogP contribution in [-0.4, -0.2) is 71.5 Å². The summed E-state index contributed by atoms with van der Waals surface area (Å²) < 4.78 is 23.5. The average Bonchev–Trinajstić information content (AvgIpc) is 3.61. The SMILES string of the molecule is C[C@H](CO)N1C[C@H](C)[C@H](CN(C)Cc2ccc3c(c2)OCO3)Oc2ncc(-c3cc4ccccc4o3)cc2C1=O. The van der Waals surface area contributed by atoms with E-state index in [1.54, 1.807) is 17.2 Å². The zero-order valence-corrected chi connectivity index (χ0v) is 22.9. The Hall–Kier alpha value is -4.08. The topological polar surface area (TPSA) is 97.5 Å². The van der Waals surface area contributed by atoms with Gasteiger partial charge in [0.2, 0.25) is 12.7 Å². The molecule has 4 aromatic rings. The summed E-state index contributed by atoms with van der Waals surface area (Å²) in [5, 5.41) is 10.9. The zero-order valence-electron chi connectivity index (χ0n) is 22.9. The molecule has 0 radical (unpaired) electrons. The maximum Gasteiger partial charge on any atom is 0.259 e. The van der Waals surface area contributed by atoms with Crippen molar-refractivity contribution in [3.63, 3.8) is 0 Å². The first-order valence-corrected chi connectivity index (χ1v) is 13.5. The van der Waals surface area contributed by atoms with E-state index >= 15 is 0 Å². The third kappa shape index (κ3) is 5.10. The minimum absolute atomic E-state index is 0.0119. The molecule has 2 aromatic heterocycles. The van der Waals surface area contributed by atoms with E-state index in [2.05, 4.69) is 16.8 Å². The predicted molar refractivity (Wildman–Crippen MR) is 150 cm³/mol. The molecule has 3 atom stereocenters. The third-order valence-electron chi connectivity index (χ3n) is 7.61. The summed E-state index contributed by atoms with van der Waals surface area (Å²) in [4.78, 5) is 22.3. The van der Waals surface area contributed by atoms with Gasteiger partial charge in [0.1, 0.15) is 23.0 Å². The highest BCUT2D eigenvalue weighted by atomic mass is 16.7. The smallest absolute Gasteiger partial charge is 0.259 e. The average molecular weight is 544 g/mol. The van der Waals surface area contributed by atoms with Gasteiger partial charge in [-0.1, -0.05) is 31.2 Å². The normalized spacial score (nSPS) is 19.3. The minimum atomic E-state index is -0.359. The van der Waals surface area contributed by atoms with Crippen LogP contribution in [0.25, 0.3) is 22.3 Å². The Morgan fingerprint density at radius 3 is 2.77 bits per heavy atom. The molecule has 2 aromatic carbocycles. The van der Waals surface area contributed by atoms with Crippen LogP contribution in [0.3, 0.4) is 0 Å². The van der Waals surface area contributed by atoms with E-state index in [4.69, 9.17) is 18.6 Å². The van der Waals surface area contributed by atoms with Crippen molar-refractivity contribution in [1.29, 1.82) is 0 Å². The summed E-state index contributed by atoms with van der Waals surface area (Å²) >= 11 is 0. The number of hydrogen-bond donors (Lipinski definition) is 1. The van der Waals surface area contributed by atoms with E-state index in [-0.39, 0.29) is 43.3 Å². The van der Waals surface area contributed by atoms with Gasteiger partial charge in [-0.15, -0.1) is 0 Å². The minimum Gasteiger partial charge on any atom is -0.472 e. The first-order valence-electron chi connectivity index (χ1n) is 13.5. The van der Waals surface area contributed by atoms with E-state index in [9.17, 15) is 9.90 Å². The number of nitrogens with zero attached hydrogens (tertiary/aromatic N) is 3. The maximum absolute atomic E-state index is 13.8. The number of likely N-dealkylation sites (N-methyl/N-ethyl adjacent to an activating group) is 1. The molecule has 0 bridgehead atoms. The van der Waals surface area contributed by atoms with Crippen molar-refractivity contribution in [2.45, 2.75) is 32.5 Å². The Labute approximate surface area is 232 Å². The molecule has 0 spiro atoms.